The lowest BCUT2D eigenvalue weighted by Crippen LogP contribution is -2.46. The smallest absolute Gasteiger partial charge is 0.321 e. The van der Waals surface area contributed by atoms with Crippen LogP contribution in [0.4, 0.5) is 4.79 Å². The lowest BCUT2D eigenvalue weighted by atomic mass is 10.1. The van der Waals surface area contributed by atoms with Crippen LogP contribution in [-0.2, 0) is 9.59 Å². The maximum atomic E-state index is 11.3. The average molecular weight is 286 g/mol. The van der Waals surface area contributed by atoms with Crippen molar-refractivity contribution < 1.29 is 19.5 Å². The maximum Gasteiger partial charge on any atom is 0.321 e. The van der Waals surface area contributed by atoms with Crippen molar-refractivity contribution in [1.82, 2.24) is 4.90 Å². The van der Waals surface area contributed by atoms with E-state index < -0.39 is 12.0 Å². The molecule has 0 aromatic rings. The topological polar surface area (TPSA) is 101 Å². The third kappa shape index (κ3) is 4.94. The van der Waals surface area contributed by atoms with Crippen LogP contribution in [0.3, 0.4) is 0 Å². The molecule has 1 rings (SSSR count). The number of imide groups is 1. The number of primary amides is 1. The fraction of sp³-hybridized carbons (Fsp3) is 0.583. The molecule has 1 fully saturated rings. The van der Waals surface area contributed by atoms with E-state index >= 15 is 0 Å². The molecule has 1 atom stereocenters. The SMILES string of the molecule is CC(=O)N(C(N)=O)[C@H]1CS/C(=C\CCCC(=O)O)C1. The molecule has 0 saturated carbocycles. The molecule has 0 unspecified atom stereocenters. The normalized spacial score (nSPS) is 20.5. The van der Waals surface area contributed by atoms with Crippen molar-refractivity contribution in [3.8, 4) is 0 Å². The summed E-state index contributed by atoms with van der Waals surface area (Å²) in [5.74, 6) is -0.495. The summed E-state index contributed by atoms with van der Waals surface area (Å²) in [5.41, 5.74) is 5.19. The van der Waals surface area contributed by atoms with Gasteiger partial charge in [0.05, 0.1) is 6.04 Å². The lowest BCUT2D eigenvalue weighted by molar-refractivity contribution is -0.137. The second kappa shape index (κ2) is 7.18. The van der Waals surface area contributed by atoms with Gasteiger partial charge < -0.3 is 10.8 Å². The number of carboxylic acids is 1. The van der Waals surface area contributed by atoms with E-state index in [2.05, 4.69) is 0 Å². The number of nitrogens with zero attached hydrogens (tertiary/aromatic N) is 1. The molecule has 19 heavy (non-hydrogen) atoms. The zero-order valence-electron chi connectivity index (χ0n) is 10.8. The Hall–Kier alpha value is -1.50. The Morgan fingerprint density at radius 3 is 2.74 bits per heavy atom. The zero-order valence-corrected chi connectivity index (χ0v) is 11.6. The van der Waals surface area contributed by atoms with E-state index in [9.17, 15) is 14.4 Å². The van der Waals surface area contributed by atoms with E-state index in [0.29, 0.717) is 25.0 Å². The first-order valence-electron chi connectivity index (χ1n) is 6.04. The van der Waals surface area contributed by atoms with Gasteiger partial charge in [-0.25, -0.2) is 4.79 Å². The Balaban J connectivity index is 2.48. The highest BCUT2D eigenvalue weighted by Gasteiger charge is 2.30. The van der Waals surface area contributed by atoms with Crippen molar-refractivity contribution in [3.63, 3.8) is 0 Å². The van der Waals surface area contributed by atoms with Crippen LogP contribution in [0.1, 0.15) is 32.6 Å². The van der Waals surface area contributed by atoms with Gasteiger partial charge >= 0.3 is 12.0 Å². The number of carbonyl (C=O) groups is 3. The van der Waals surface area contributed by atoms with Crippen LogP contribution in [0, 0.1) is 0 Å². The molecule has 7 heteroatoms. The van der Waals surface area contributed by atoms with Crippen molar-refractivity contribution in [2.75, 3.05) is 5.75 Å². The highest BCUT2D eigenvalue weighted by atomic mass is 32.2. The number of urea groups is 1. The van der Waals surface area contributed by atoms with E-state index in [0.717, 1.165) is 9.81 Å². The highest BCUT2D eigenvalue weighted by molar-refractivity contribution is 8.03. The largest absolute Gasteiger partial charge is 0.481 e. The molecule has 1 aliphatic heterocycles. The second-order valence-electron chi connectivity index (χ2n) is 4.35. The van der Waals surface area contributed by atoms with Gasteiger partial charge in [-0.05, 0) is 24.2 Å². The third-order valence-electron chi connectivity index (χ3n) is 2.81. The van der Waals surface area contributed by atoms with Crippen LogP contribution in [0.5, 0.6) is 0 Å². The van der Waals surface area contributed by atoms with Gasteiger partial charge in [0.25, 0.3) is 0 Å². The van der Waals surface area contributed by atoms with Crippen LogP contribution in [-0.4, -0.2) is 39.7 Å². The number of hydrogen-bond acceptors (Lipinski definition) is 4. The molecule has 3 amide bonds. The van der Waals surface area contributed by atoms with Crippen molar-refractivity contribution in [2.45, 2.75) is 38.6 Å². The van der Waals surface area contributed by atoms with Crippen LogP contribution in [0.15, 0.2) is 11.0 Å². The first-order valence-corrected chi connectivity index (χ1v) is 7.03. The number of nitrogens with two attached hydrogens (primary N) is 1. The fourth-order valence-electron chi connectivity index (χ4n) is 1.97. The van der Waals surface area contributed by atoms with E-state index in [4.69, 9.17) is 10.8 Å². The third-order valence-corrected chi connectivity index (χ3v) is 4.06. The number of allylic oxidation sites excluding steroid dienone is 1. The molecule has 0 aromatic heterocycles. The van der Waals surface area contributed by atoms with Crippen LogP contribution >= 0.6 is 11.8 Å². The second-order valence-corrected chi connectivity index (χ2v) is 5.50. The highest BCUT2D eigenvalue weighted by Crippen LogP contribution is 2.34. The molecule has 1 heterocycles. The zero-order chi connectivity index (χ0) is 14.4. The molecule has 6 nitrogen and oxygen atoms in total. The summed E-state index contributed by atoms with van der Waals surface area (Å²) >= 11 is 1.58. The predicted molar refractivity (Wildman–Crippen MR) is 72.5 cm³/mol. The minimum Gasteiger partial charge on any atom is -0.481 e. The van der Waals surface area contributed by atoms with Crippen LogP contribution in [0.25, 0.3) is 0 Å². The number of thioether (sulfide) groups is 1. The first kappa shape index (κ1) is 15.6. The van der Waals surface area contributed by atoms with Gasteiger partial charge in [0.2, 0.25) is 5.91 Å². The number of amides is 3. The van der Waals surface area contributed by atoms with Gasteiger partial charge in [0, 0.05) is 19.1 Å². The number of carbonyl (C=O) groups excluding carboxylic acids is 2. The summed E-state index contributed by atoms with van der Waals surface area (Å²) in [5, 5.41) is 8.52. The van der Waals surface area contributed by atoms with E-state index in [1.165, 1.54) is 6.92 Å². The quantitative estimate of drug-likeness (QED) is 0.747. The number of carboxylic acid groups (broad SMARTS) is 1. The Morgan fingerprint density at radius 2 is 2.21 bits per heavy atom. The Kier molecular flexibility index (Phi) is 5.88. The van der Waals surface area contributed by atoms with Gasteiger partial charge in [-0.2, -0.15) is 0 Å². The fourth-order valence-corrected chi connectivity index (χ4v) is 3.19. The molecule has 0 spiro atoms. The number of aliphatic carboxylic acids is 1. The molecule has 0 aliphatic carbocycles. The van der Waals surface area contributed by atoms with Crippen LogP contribution in [0.2, 0.25) is 0 Å². The van der Waals surface area contributed by atoms with Gasteiger partial charge in [0.1, 0.15) is 0 Å². The summed E-state index contributed by atoms with van der Waals surface area (Å²) < 4.78 is 0. The summed E-state index contributed by atoms with van der Waals surface area (Å²) in [7, 11) is 0. The first-order chi connectivity index (χ1) is 8.91. The minimum atomic E-state index is -0.799. The van der Waals surface area contributed by atoms with E-state index in [1.54, 1.807) is 11.8 Å². The Bertz CT molecular complexity index is 395. The van der Waals surface area contributed by atoms with Crippen molar-refractivity contribution in [3.05, 3.63) is 11.0 Å². The van der Waals surface area contributed by atoms with Gasteiger partial charge in [0.15, 0.2) is 0 Å². The molecule has 0 bridgehead atoms. The average Bonchev–Trinajstić information content (AvgIpc) is 2.71. The van der Waals surface area contributed by atoms with Crippen molar-refractivity contribution in [1.29, 1.82) is 0 Å². The molecular formula is C12H18N2O4S. The Labute approximate surface area is 116 Å². The van der Waals surface area contributed by atoms with E-state index in [1.807, 2.05) is 6.08 Å². The van der Waals surface area contributed by atoms with E-state index in [-0.39, 0.29) is 18.4 Å². The monoisotopic (exact) mass is 286 g/mol. The summed E-state index contributed by atoms with van der Waals surface area (Å²) in [6.07, 6.45) is 4.03. The molecular weight excluding hydrogens is 268 g/mol. The van der Waals surface area contributed by atoms with Gasteiger partial charge in [-0.15, -0.1) is 11.8 Å². The number of unbranched alkanes of at least 4 members (excludes halogenated alkanes) is 1. The standard InChI is InChI=1S/C12H18N2O4S/c1-8(15)14(12(13)18)9-6-10(19-7-9)4-2-3-5-11(16)17/h4,9H,2-3,5-7H2,1H3,(H2,13,18)(H,16,17)/b10-4-/t9-/m1/s1. The molecule has 1 aliphatic rings. The molecule has 106 valence electrons. The summed E-state index contributed by atoms with van der Waals surface area (Å²) in [6.45, 7) is 1.32. The summed E-state index contributed by atoms with van der Waals surface area (Å²) in [4.78, 5) is 35.1. The molecule has 3 N–H and O–H groups in total. The maximum absolute atomic E-state index is 11.3. The number of rotatable bonds is 5. The molecule has 1 saturated heterocycles. The van der Waals surface area contributed by atoms with Gasteiger partial charge in [-0.3, -0.25) is 14.5 Å². The van der Waals surface area contributed by atoms with Crippen LogP contribution < -0.4 is 5.73 Å². The van der Waals surface area contributed by atoms with Crippen molar-refractivity contribution in [2.24, 2.45) is 5.73 Å². The molecule has 0 aromatic carbocycles. The minimum absolute atomic E-state index is 0.152. The van der Waals surface area contributed by atoms with Gasteiger partial charge in [-0.1, -0.05) is 6.08 Å². The van der Waals surface area contributed by atoms with Crippen molar-refractivity contribution >= 4 is 29.7 Å². The summed E-state index contributed by atoms with van der Waals surface area (Å²) in [6, 6.07) is -0.907. The Morgan fingerprint density at radius 1 is 1.53 bits per heavy atom. The lowest BCUT2D eigenvalue weighted by Gasteiger charge is -2.22. The number of hydrogen-bond donors (Lipinski definition) is 2. The predicted octanol–water partition coefficient (Wildman–Crippen LogP) is 1.56. The molecule has 0 radical (unpaired) electrons.